The summed E-state index contributed by atoms with van der Waals surface area (Å²) in [5.74, 6) is -1.85. The lowest BCUT2D eigenvalue weighted by Gasteiger charge is -2.08. The van der Waals surface area contributed by atoms with Crippen LogP contribution in [0.4, 0.5) is 11.5 Å². The fourth-order valence-electron chi connectivity index (χ4n) is 1.72. The third-order valence-electron chi connectivity index (χ3n) is 2.74. The van der Waals surface area contributed by atoms with Gasteiger partial charge in [0.2, 0.25) is 0 Å². The van der Waals surface area contributed by atoms with Crippen LogP contribution >= 0.6 is 11.6 Å². The van der Waals surface area contributed by atoms with Crippen molar-refractivity contribution in [2.24, 2.45) is 0 Å². The van der Waals surface area contributed by atoms with Crippen LogP contribution < -0.4 is 10.1 Å². The summed E-state index contributed by atoms with van der Waals surface area (Å²) in [4.78, 5) is 36.9. The van der Waals surface area contributed by atoms with Crippen molar-refractivity contribution < 1.29 is 24.4 Å². The van der Waals surface area contributed by atoms with E-state index < -0.39 is 29.1 Å². The smallest absolute Gasteiger partial charge is 0.341 e. The number of hydrogen-bond acceptors (Lipinski definition) is 6. The summed E-state index contributed by atoms with van der Waals surface area (Å²) in [5.41, 5.74) is -0.747. The van der Waals surface area contributed by atoms with E-state index in [1.807, 2.05) is 0 Å². The monoisotopic (exact) mass is 351 g/mol. The van der Waals surface area contributed by atoms with E-state index in [1.165, 1.54) is 24.4 Å². The highest BCUT2D eigenvalue weighted by Gasteiger charge is 2.21. The number of nitrogens with one attached hydrogen (secondary N) is 1. The summed E-state index contributed by atoms with van der Waals surface area (Å²) in [6.07, 6.45) is 1.30. The molecule has 2 N–H and O–H groups in total. The molecule has 1 aromatic carbocycles. The number of hydrogen-bond donors (Lipinski definition) is 2. The van der Waals surface area contributed by atoms with Crippen molar-refractivity contribution in [1.82, 2.24) is 4.98 Å². The molecule has 0 fully saturated rings. The molecule has 0 atom stereocenters. The lowest BCUT2D eigenvalue weighted by molar-refractivity contribution is -0.385. The average Bonchev–Trinajstić information content (AvgIpc) is 2.54. The summed E-state index contributed by atoms with van der Waals surface area (Å²) in [6, 6.07) is 6.27. The average molecular weight is 352 g/mol. The van der Waals surface area contributed by atoms with E-state index in [0.29, 0.717) is 5.02 Å². The Balaban J connectivity index is 2.28. The predicted molar refractivity (Wildman–Crippen MR) is 83.4 cm³/mol. The zero-order valence-corrected chi connectivity index (χ0v) is 12.7. The maximum absolute atomic E-state index is 12.3. The van der Waals surface area contributed by atoms with Crippen LogP contribution in [-0.2, 0) is 4.79 Å². The molecule has 2 rings (SSSR count). The minimum absolute atomic E-state index is 0.0113. The highest BCUT2D eigenvalue weighted by molar-refractivity contribution is 6.30. The first-order chi connectivity index (χ1) is 11.4. The number of carboxylic acids is 1. The molecule has 0 saturated carbocycles. The standard InChI is InChI=1S/C14H10ClN3O6/c15-8-1-4-12(16-6-8)17-14(21)10-5-9(24-7-13(19)20)2-3-11(10)18(22)23/h1-6H,7H2,(H,19,20)(H,16,17,21). The van der Waals surface area contributed by atoms with Gasteiger partial charge in [-0.2, -0.15) is 0 Å². The summed E-state index contributed by atoms with van der Waals surface area (Å²) in [6.45, 7) is -0.641. The minimum atomic E-state index is -1.22. The van der Waals surface area contributed by atoms with Gasteiger partial charge >= 0.3 is 5.97 Å². The summed E-state index contributed by atoms with van der Waals surface area (Å²) in [7, 11) is 0. The molecule has 10 heteroatoms. The number of benzene rings is 1. The Labute approximate surface area is 140 Å². The quantitative estimate of drug-likeness (QED) is 0.603. The summed E-state index contributed by atoms with van der Waals surface area (Å²) >= 11 is 5.68. The van der Waals surface area contributed by atoms with E-state index >= 15 is 0 Å². The molecule has 9 nitrogen and oxygen atoms in total. The zero-order valence-electron chi connectivity index (χ0n) is 11.9. The number of nitro groups is 1. The van der Waals surface area contributed by atoms with Crippen LogP contribution in [0.1, 0.15) is 10.4 Å². The van der Waals surface area contributed by atoms with Gasteiger partial charge in [0, 0.05) is 12.3 Å². The number of anilines is 1. The number of carbonyl (C=O) groups is 2. The first-order valence-corrected chi connectivity index (χ1v) is 6.80. The second kappa shape index (κ2) is 7.38. The number of ether oxygens (including phenoxy) is 1. The Hall–Kier alpha value is -3.20. The van der Waals surface area contributed by atoms with E-state index in [9.17, 15) is 19.7 Å². The zero-order chi connectivity index (χ0) is 17.7. The number of rotatable bonds is 6. The fraction of sp³-hybridized carbons (Fsp3) is 0.0714. The Bertz CT molecular complexity index is 794. The maximum atomic E-state index is 12.3. The number of carbonyl (C=O) groups excluding carboxylic acids is 1. The Kier molecular flexibility index (Phi) is 5.27. The largest absolute Gasteiger partial charge is 0.482 e. The van der Waals surface area contributed by atoms with Crippen molar-refractivity contribution >= 4 is 35.0 Å². The number of carboxylic acid groups (broad SMARTS) is 1. The van der Waals surface area contributed by atoms with E-state index in [0.717, 1.165) is 12.1 Å². The Morgan fingerprint density at radius 2 is 2.08 bits per heavy atom. The second-order valence-electron chi connectivity index (χ2n) is 4.43. The molecule has 124 valence electrons. The van der Waals surface area contributed by atoms with Crippen LogP contribution in [-0.4, -0.2) is 33.5 Å². The highest BCUT2D eigenvalue weighted by Crippen LogP contribution is 2.25. The molecule has 0 aliphatic rings. The minimum Gasteiger partial charge on any atom is -0.482 e. The molecule has 0 spiro atoms. The van der Waals surface area contributed by atoms with Crippen LogP contribution in [0.15, 0.2) is 36.5 Å². The van der Waals surface area contributed by atoms with Crippen LogP contribution in [0.2, 0.25) is 5.02 Å². The molecule has 0 saturated heterocycles. The molecule has 0 unspecified atom stereocenters. The molecule has 0 radical (unpaired) electrons. The maximum Gasteiger partial charge on any atom is 0.341 e. The predicted octanol–water partition coefficient (Wildman–Crippen LogP) is 2.36. The van der Waals surface area contributed by atoms with Gasteiger partial charge in [0.15, 0.2) is 6.61 Å². The molecule has 2 aromatic rings. The van der Waals surface area contributed by atoms with Crippen molar-refractivity contribution in [2.45, 2.75) is 0 Å². The number of halogens is 1. The van der Waals surface area contributed by atoms with Gasteiger partial charge in [-0.05, 0) is 24.3 Å². The normalized spacial score (nSPS) is 10.0. The molecule has 1 aromatic heterocycles. The van der Waals surface area contributed by atoms with Crippen molar-refractivity contribution in [3.05, 3.63) is 57.2 Å². The highest BCUT2D eigenvalue weighted by atomic mass is 35.5. The second-order valence-corrected chi connectivity index (χ2v) is 4.87. The van der Waals surface area contributed by atoms with Crippen molar-refractivity contribution in [1.29, 1.82) is 0 Å². The summed E-state index contributed by atoms with van der Waals surface area (Å²) in [5, 5.41) is 22.4. The van der Waals surface area contributed by atoms with Gasteiger partial charge in [0.05, 0.1) is 9.95 Å². The Morgan fingerprint density at radius 3 is 2.67 bits per heavy atom. The first kappa shape index (κ1) is 17.2. The summed E-state index contributed by atoms with van der Waals surface area (Å²) < 4.78 is 4.92. The SMILES string of the molecule is O=C(O)COc1ccc([N+](=O)[O-])c(C(=O)Nc2ccc(Cl)cn2)c1. The van der Waals surface area contributed by atoms with Gasteiger partial charge < -0.3 is 15.2 Å². The van der Waals surface area contributed by atoms with Gasteiger partial charge in [-0.25, -0.2) is 9.78 Å². The number of pyridine rings is 1. The molecule has 0 aliphatic carbocycles. The number of aromatic nitrogens is 1. The fourth-order valence-corrected chi connectivity index (χ4v) is 1.84. The molecule has 24 heavy (non-hydrogen) atoms. The van der Waals surface area contributed by atoms with Crippen LogP contribution in [0.3, 0.4) is 0 Å². The van der Waals surface area contributed by atoms with E-state index in [1.54, 1.807) is 0 Å². The third kappa shape index (κ3) is 4.40. The number of aliphatic carboxylic acids is 1. The lowest BCUT2D eigenvalue weighted by atomic mass is 10.1. The van der Waals surface area contributed by atoms with Crippen LogP contribution in [0.25, 0.3) is 0 Å². The molecule has 0 aliphatic heterocycles. The number of nitrogens with zero attached hydrogens (tertiary/aromatic N) is 2. The van der Waals surface area contributed by atoms with E-state index in [4.69, 9.17) is 21.4 Å². The van der Waals surface area contributed by atoms with Crippen molar-refractivity contribution in [3.63, 3.8) is 0 Å². The van der Waals surface area contributed by atoms with E-state index in [-0.39, 0.29) is 17.1 Å². The number of nitro benzene ring substituents is 1. The van der Waals surface area contributed by atoms with Gasteiger partial charge in [-0.3, -0.25) is 14.9 Å². The Morgan fingerprint density at radius 1 is 1.33 bits per heavy atom. The van der Waals surface area contributed by atoms with Crippen LogP contribution in [0.5, 0.6) is 5.75 Å². The molecule has 1 heterocycles. The van der Waals surface area contributed by atoms with Crippen molar-refractivity contribution in [2.75, 3.05) is 11.9 Å². The van der Waals surface area contributed by atoms with Crippen LogP contribution in [0, 0.1) is 10.1 Å². The van der Waals surface area contributed by atoms with Crippen molar-refractivity contribution in [3.8, 4) is 5.75 Å². The molecular formula is C14H10ClN3O6. The van der Waals surface area contributed by atoms with Gasteiger partial charge in [-0.15, -0.1) is 0 Å². The third-order valence-corrected chi connectivity index (χ3v) is 2.96. The van der Waals surface area contributed by atoms with Gasteiger partial charge in [0.1, 0.15) is 17.1 Å². The molecule has 0 bridgehead atoms. The van der Waals surface area contributed by atoms with Gasteiger partial charge in [-0.1, -0.05) is 11.6 Å². The topological polar surface area (TPSA) is 132 Å². The molecular weight excluding hydrogens is 342 g/mol. The van der Waals surface area contributed by atoms with Gasteiger partial charge in [0.25, 0.3) is 11.6 Å². The number of amides is 1. The van der Waals surface area contributed by atoms with E-state index in [2.05, 4.69) is 10.3 Å². The first-order valence-electron chi connectivity index (χ1n) is 6.43. The lowest BCUT2D eigenvalue weighted by Crippen LogP contribution is -2.15. The molecule has 1 amide bonds.